The van der Waals surface area contributed by atoms with Crippen LogP contribution in [0, 0.1) is 23.7 Å². The van der Waals surface area contributed by atoms with Crippen molar-refractivity contribution in [1.29, 1.82) is 0 Å². The highest BCUT2D eigenvalue weighted by Gasteiger charge is 2.29. The highest BCUT2D eigenvalue weighted by atomic mass is 32.2. The zero-order chi connectivity index (χ0) is 83.4. The molecule has 29 heteroatoms. The van der Waals surface area contributed by atoms with E-state index in [-0.39, 0.29) is 98.3 Å². The molecule has 114 heavy (non-hydrogen) atoms. The zero-order valence-corrected chi connectivity index (χ0v) is 69.6. The predicted octanol–water partition coefficient (Wildman–Crippen LogP) is 15.3. The van der Waals surface area contributed by atoms with E-state index in [0.717, 1.165) is 44.9 Å². The van der Waals surface area contributed by atoms with Gasteiger partial charge in [0.05, 0.1) is 41.2 Å². The second kappa shape index (κ2) is 40.5. The maximum atomic E-state index is 12.8. The van der Waals surface area contributed by atoms with Crippen molar-refractivity contribution in [1.82, 2.24) is 29.1 Å². The fourth-order valence-electron chi connectivity index (χ4n) is 11.7. The Hall–Kier alpha value is -10.5. The van der Waals surface area contributed by atoms with Crippen molar-refractivity contribution in [2.45, 2.75) is 136 Å². The normalized spacial score (nSPS) is 14.1. The molecule has 6 aromatic carbocycles. The Labute approximate surface area is 668 Å². The Morgan fingerprint density at radius 3 is 1.25 bits per heavy atom. The average Bonchev–Trinajstić information content (AvgIpc) is 1.14. The van der Waals surface area contributed by atoms with Crippen molar-refractivity contribution in [2.75, 3.05) is 71.8 Å². The van der Waals surface area contributed by atoms with E-state index >= 15 is 0 Å². The van der Waals surface area contributed by atoms with Crippen LogP contribution in [0.2, 0.25) is 0 Å². The molecule has 2 amide bonds. The Balaban J connectivity index is 0.000000191. The summed E-state index contributed by atoms with van der Waals surface area (Å²) in [6.45, 7) is 24.6. The van der Waals surface area contributed by atoms with E-state index in [0.29, 0.717) is 131 Å². The lowest BCUT2D eigenvalue weighted by atomic mass is 9.98. The molecular weight excluding hydrogens is 1520 g/mol. The van der Waals surface area contributed by atoms with Gasteiger partial charge in [-0.3, -0.25) is 28.8 Å². The smallest absolute Gasteiger partial charge is 0.274 e. The van der Waals surface area contributed by atoms with Gasteiger partial charge in [0.2, 0.25) is 21.8 Å². The summed E-state index contributed by atoms with van der Waals surface area (Å²) in [7, 11) is -8.14. The summed E-state index contributed by atoms with van der Waals surface area (Å²) in [6, 6.07) is 37.5. The lowest BCUT2D eigenvalue weighted by Crippen LogP contribution is -2.42. The van der Waals surface area contributed by atoms with Crippen molar-refractivity contribution in [3.8, 4) is 63.5 Å². The molecule has 0 N–H and O–H groups in total. The number of ether oxygens (including phenoxy) is 8. The summed E-state index contributed by atoms with van der Waals surface area (Å²) in [4.78, 5) is 91.4. The number of sulfone groups is 2. The van der Waals surface area contributed by atoms with Crippen molar-refractivity contribution >= 4 is 64.6 Å². The van der Waals surface area contributed by atoms with Gasteiger partial charge in [-0.15, -0.1) is 0 Å². The summed E-state index contributed by atoms with van der Waals surface area (Å²) in [5.74, 6) is 3.71. The number of rotatable bonds is 29. The van der Waals surface area contributed by atoms with E-state index in [1.54, 1.807) is 138 Å². The number of carbonyl (C=O) groups excluding carboxylic acids is 6. The fourth-order valence-corrected chi connectivity index (χ4v) is 13.9. The summed E-state index contributed by atoms with van der Waals surface area (Å²) in [5.41, 5.74) is 2.63. The van der Waals surface area contributed by atoms with Crippen molar-refractivity contribution in [3.05, 3.63) is 192 Å². The van der Waals surface area contributed by atoms with Crippen LogP contribution in [0.4, 0.5) is 0 Å². The first-order chi connectivity index (χ1) is 53.8. The second-order valence-corrected chi connectivity index (χ2v) is 35.4. The molecule has 5 heterocycles. The Kier molecular flexibility index (Phi) is 31.7. The van der Waals surface area contributed by atoms with E-state index in [1.165, 1.54) is 47.2 Å². The number of amides is 2. The number of methoxy groups -OCH3 is 1. The summed E-state index contributed by atoms with van der Waals surface area (Å²) in [5, 5.41) is 0. The second-order valence-electron chi connectivity index (χ2n) is 29.4. The standard InChI is InChI=1S/C22H27N3O5.C22H25NO5S.C22H21NO5S.C19H29NO5S/c1-14(2)21(26)16-8-17(29-15(3)13-28-4)10-18(9-16)30-20-12-23-19(11-24-20)22(27)25-6-5-7-25;1-15(2)21(24)16-12-17(22(25)23-10-4-5-11-23)14-19(13-16)28-18-6-8-20(9-7-18)29(3,26)27;1-15(2)22(24)16-12-18(14-19(13-16)28-21-6-4-5-11-23-21)27-17-7-9-20(10-8-17)29(3,25)26;1-13(2)19(21)15-10-17(24-14(3)4)12-18(11-15)25-16-6-8-20(9-7-16)26(5,22)23/h8-12,14-15H,5-7,13H2,1-4H3;6-9,12-15H,4-5,10-11H2,1-3H3;4-15H,1-3H3;10-14,16H,6-9H2,1-5H3/t15-;;;/m0.../s1. The topological polar surface area (TPSA) is 327 Å². The SMILES string of the molecule is CC(C)C(=O)c1cc(Oc2ccc(S(C)(=O)=O)cc2)cc(C(=O)N2CCCC2)c1.CC(C)C(=O)c1cc(Oc2ccc(S(C)(=O)=O)cc2)cc(Oc2ccccn2)c1.CC(C)Oc1cc(OC2CCN(S(C)(=O)=O)CC2)cc(C(=O)C(C)C)c1.COC[C@H](C)Oc1cc(Oc2cnc(C(=O)N3CCC3)cn2)cc(C(=O)C(C)C)c1. The number of benzene rings is 6. The molecule has 0 aliphatic carbocycles. The molecule has 610 valence electrons. The van der Waals surface area contributed by atoms with Gasteiger partial charge in [-0.05, 0) is 162 Å². The van der Waals surface area contributed by atoms with Gasteiger partial charge in [0, 0.05) is 141 Å². The number of nitrogens with zero attached hydrogens (tertiary/aromatic N) is 6. The van der Waals surface area contributed by atoms with Crippen LogP contribution >= 0.6 is 0 Å². The third-order valence-electron chi connectivity index (χ3n) is 17.8. The van der Waals surface area contributed by atoms with Gasteiger partial charge in [-0.2, -0.15) is 0 Å². The van der Waals surface area contributed by atoms with Gasteiger partial charge in [-0.25, -0.2) is 44.5 Å². The highest BCUT2D eigenvalue weighted by molar-refractivity contribution is 7.91. The minimum absolute atomic E-state index is 0.00903. The van der Waals surface area contributed by atoms with Gasteiger partial charge in [0.15, 0.2) is 42.8 Å². The molecule has 3 fully saturated rings. The van der Waals surface area contributed by atoms with E-state index in [9.17, 15) is 54.0 Å². The number of piperidine rings is 1. The van der Waals surface area contributed by atoms with Crippen LogP contribution < -0.4 is 33.2 Å². The van der Waals surface area contributed by atoms with Gasteiger partial charge >= 0.3 is 0 Å². The number of ketones is 4. The molecule has 0 bridgehead atoms. The van der Waals surface area contributed by atoms with Crippen LogP contribution in [0.3, 0.4) is 0 Å². The molecule has 8 aromatic rings. The van der Waals surface area contributed by atoms with Gasteiger partial charge in [-0.1, -0.05) is 61.5 Å². The molecule has 0 unspecified atom stereocenters. The third-order valence-corrected chi connectivity index (χ3v) is 21.3. The maximum absolute atomic E-state index is 12.8. The average molecular weight is 1620 g/mol. The Bertz CT molecular complexity index is 5010. The third kappa shape index (κ3) is 26.8. The van der Waals surface area contributed by atoms with E-state index in [4.69, 9.17) is 37.9 Å². The number of carbonyl (C=O) groups is 6. The monoisotopic (exact) mass is 1620 g/mol. The van der Waals surface area contributed by atoms with Crippen LogP contribution in [-0.2, 0) is 34.4 Å². The minimum Gasteiger partial charge on any atom is -0.491 e. The van der Waals surface area contributed by atoms with Crippen LogP contribution in [0.25, 0.3) is 0 Å². The first-order valence-corrected chi connectivity index (χ1v) is 43.3. The fraction of sp³-hybridized carbons (Fsp3) is 0.400. The lowest BCUT2D eigenvalue weighted by Gasteiger charge is -2.30. The molecule has 0 saturated carbocycles. The molecule has 3 aliphatic heterocycles. The van der Waals surface area contributed by atoms with Crippen LogP contribution in [0.1, 0.15) is 171 Å². The van der Waals surface area contributed by atoms with Crippen molar-refractivity contribution < 1.29 is 91.9 Å². The molecule has 0 spiro atoms. The minimum atomic E-state index is -3.30. The van der Waals surface area contributed by atoms with Crippen molar-refractivity contribution in [2.24, 2.45) is 23.7 Å². The highest BCUT2D eigenvalue weighted by Crippen LogP contribution is 2.35. The largest absolute Gasteiger partial charge is 0.491 e. The van der Waals surface area contributed by atoms with E-state index in [1.807, 2.05) is 76.2 Å². The number of pyridine rings is 1. The first kappa shape index (κ1) is 89.1. The van der Waals surface area contributed by atoms with Crippen LogP contribution in [0.5, 0.6) is 63.5 Å². The van der Waals surface area contributed by atoms with Gasteiger partial charge < -0.3 is 47.7 Å². The van der Waals surface area contributed by atoms with Gasteiger partial charge in [0.1, 0.15) is 69.6 Å². The summed E-state index contributed by atoms with van der Waals surface area (Å²) in [6.07, 6.45) is 11.8. The molecule has 2 aromatic heterocycles. The lowest BCUT2D eigenvalue weighted by molar-refractivity contribution is 0.0644. The quantitative estimate of drug-likeness (QED) is 0.0393. The van der Waals surface area contributed by atoms with E-state index in [2.05, 4.69) is 15.0 Å². The Morgan fingerprint density at radius 2 is 0.825 bits per heavy atom. The molecule has 26 nitrogen and oxygen atoms in total. The van der Waals surface area contributed by atoms with Crippen LogP contribution in [-0.4, -0.2) is 179 Å². The number of likely N-dealkylation sites (tertiary alicyclic amines) is 2. The molecule has 1 atom stereocenters. The molecular formula is C85H102N6O20S3. The van der Waals surface area contributed by atoms with Gasteiger partial charge in [0.25, 0.3) is 11.8 Å². The summed E-state index contributed by atoms with van der Waals surface area (Å²) < 4.78 is 117. The number of Topliss-reactive ketones (excluding diaryl/α,β-unsaturated/α-hetero) is 4. The van der Waals surface area contributed by atoms with Crippen LogP contribution in [0.15, 0.2) is 168 Å². The zero-order valence-electron chi connectivity index (χ0n) is 67.1. The molecule has 3 aliphatic rings. The first-order valence-electron chi connectivity index (χ1n) is 37.6. The number of sulfonamides is 1. The molecule has 3 saturated heterocycles. The predicted molar refractivity (Wildman–Crippen MR) is 432 cm³/mol. The Morgan fingerprint density at radius 1 is 0.412 bits per heavy atom. The maximum Gasteiger partial charge on any atom is 0.274 e. The molecule has 11 rings (SSSR count). The number of hydrogen-bond acceptors (Lipinski definition) is 23. The number of aromatic nitrogens is 3. The number of hydrogen-bond donors (Lipinski definition) is 0. The summed E-state index contributed by atoms with van der Waals surface area (Å²) >= 11 is 0. The molecule has 0 radical (unpaired) electrons. The van der Waals surface area contributed by atoms with Crippen molar-refractivity contribution in [3.63, 3.8) is 0 Å². The van der Waals surface area contributed by atoms with E-state index < -0.39 is 29.7 Å².